The Hall–Kier alpha value is -3.62. The summed E-state index contributed by atoms with van der Waals surface area (Å²) >= 11 is 3.47. The van der Waals surface area contributed by atoms with Gasteiger partial charge in [-0.15, -0.1) is 6.58 Å². The summed E-state index contributed by atoms with van der Waals surface area (Å²) < 4.78 is 12.6. The molecule has 0 saturated carbocycles. The molecule has 0 spiro atoms. The fraction of sp³-hybridized carbons (Fsp3) is 0.154. The van der Waals surface area contributed by atoms with Crippen LogP contribution in [-0.2, 0) is 9.59 Å². The number of carboxylic acids is 2. The molecule has 0 radical (unpaired) electrons. The van der Waals surface area contributed by atoms with E-state index in [0.29, 0.717) is 18.8 Å². The van der Waals surface area contributed by atoms with Gasteiger partial charge in [-0.3, -0.25) is 4.90 Å². The Balaban J connectivity index is 0.000000440. The SMILES string of the molecule is C=CCN(C)C/C=C/COc1ccc2c(-c3ccc(Br)cc3)coc2c1.O=C(O)/C=C/C(=O)O. The van der Waals surface area contributed by atoms with Crippen LogP contribution in [0.25, 0.3) is 22.1 Å². The second-order valence-corrected chi connectivity index (χ2v) is 8.03. The van der Waals surface area contributed by atoms with Gasteiger partial charge in [0.15, 0.2) is 0 Å². The molecule has 0 unspecified atom stereocenters. The Morgan fingerprint density at radius 2 is 1.74 bits per heavy atom. The number of hydrogen-bond acceptors (Lipinski definition) is 5. The molecule has 178 valence electrons. The van der Waals surface area contributed by atoms with E-state index in [1.807, 2.05) is 42.5 Å². The first-order valence-electron chi connectivity index (χ1n) is 10.3. The number of halogens is 1. The van der Waals surface area contributed by atoms with Gasteiger partial charge in [0, 0.05) is 46.7 Å². The van der Waals surface area contributed by atoms with Crippen LogP contribution in [0.5, 0.6) is 5.75 Å². The molecular formula is C26H26BrNO6. The number of rotatable bonds is 10. The van der Waals surface area contributed by atoms with Crippen molar-refractivity contribution in [3.05, 3.63) is 90.2 Å². The predicted molar refractivity (Wildman–Crippen MR) is 136 cm³/mol. The number of carboxylic acid groups (broad SMARTS) is 2. The highest BCUT2D eigenvalue weighted by molar-refractivity contribution is 9.10. The first-order valence-corrected chi connectivity index (χ1v) is 11.1. The molecule has 0 atom stereocenters. The molecular weight excluding hydrogens is 502 g/mol. The minimum atomic E-state index is -1.26. The molecule has 2 N–H and O–H groups in total. The zero-order valence-corrected chi connectivity index (χ0v) is 20.3. The van der Waals surface area contributed by atoms with Crippen LogP contribution in [0.15, 0.2) is 94.6 Å². The van der Waals surface area contributed by atoms with E-state index in [0.717, 1.165) is 45.4 Å². The summed E-state index contributed by atoms with van der Waals surface area (Å²) in [6.45, 7) is 6.02. The van der Waals surface area contributed by atoms with Crippen molar-refractivity contribution in [3.63, 3.8) is 0 Å². The average Bonchev–Trinajstić information content (AvgIpc) is 3.22. The van der Waals surface area contributed by atoms with E-state index in [9.17, 15) is 9.59 Å². The van der Waals surface area contributed by atoms with E-state index in [1.54, 1.807) is 6.26 Å². The number of furan rings is 1. The lowest BCUT2D eigenvalue weighted by atomic mass is 10.1. The summed E-state index contributed by atoms with van der Waals surface area (Å²) in [4.78, 5) is 21.3. The summed E-state index contributed by atoms with van der Waals surface area (Å²) in [5.74, 6) is -1.71. The molecule has 0 bridgehead atoms. The maximum absolute atomic E-state index is 9.55. The van der Waals surface area contributed by atoms with Crippen molar-refractivity contribution in [2.75, 3.05) is 26.7 Å². The van der Waals surface area contributed by atoms with Gasteiger partial charge in [-0.2, -0.15) is 0 Å². The van der Waals surface area contributed by atoms with Crippen molar-refractivity contribution in [1.29, 1.82) is 0 Å². The monoisotopic (exact) mass is 527 g/mol. The van der Waals surface area contributed by atoms with Crippen LogP contribution >= 0.6 is 15.9 Å². The van der Waals surface area contributed by atoms with Gasteiger partial charge in [0.1, 0.15) is 17.9 Å². The molecule has 1 aromatic heterocycles. The van der Waals surface area contributed by atoms with E-state index >= 15 is 0 Å². The van der Waals surface area contributed by atoms with Crippen molar-refractivity contribution in [1.82, 2.24) is 4.90 Å². The Kier molecular flexibility index (Phi) is 10.8. The third-order valence-electron chi connectivity index (χ3n) is 4.44. The van der Waals surface area contributed by atoms with Crippen LogP contribution in [0.1, 0.15) is 0 Å². The molecule has 2 aromatic carbocycles. The topological polar surface area (TPSA) is 100 Å². The first-order chi connectivity index (χ1) is 16.3. The highest BCUT2D eigenvalue weighted by atomic mass is 79.9. The molecule has 8 heteroatoms. The second-order valence-electron chi connectivity index (χ2n) is 7.12. The molecule has 0 amide bonds. The molecule has 0 saturated heterocycles. The summed E-state index contributed by atoms with van der Waals surface area (Å²) in [5, 5.41) is 16.7. The maximum Gasteiger partial charge on any atom is 0.328 e. The van der Waals surface area contributed by atoms with Crippen LogP contribution in [0.3, 0.4) is 0 Å². The number of benzene rings is 2. The number of aliphatic carboxylic acids is 2. The third-order valence-corrected chi connectivity index (χ3v) is 4.97. The fourth-order valence-corrected chi connectivity index (χ4v) is 3.12. The lowest BCUT2D eigenvalue weighted by Crippen LogP contribution is -2.17. The Labute approximate surface area is 206 Å². The average molecular weight is 528 g/mol. The number of nitrogens with zero attached hydrogens (tertiary/aromatic N) is 1. The van der Waals surface area contributed by atoms with Crippen molar-refractivity contribution in [2.45, 2.75) is 0 Å². The molecule has 1 heterocycles. The normalized spacial score (nSPS) is 11.0. The van der Waals surface area contributed by atoms with Crippen LogP contribution in [0.4, 0.5) is 0 Å². The van der Waals surface area contributed by atoms with Crippen molar-refractivity contribution < 1.29 is 29.0 Å². The molecule has 0 aliphatic carbocycles. The lowest BCUT2D eigenvalue weighted by molar-refractivity contribution is -0.134. The van der Waals surface area contributed by atoms with E-state index < -0.39 is 11.9 Å². The lowest BCUT2D eigenvalue weighted by Gasteiger charge is -2.10. The second kappa shape index (κ2) is 13.8. The molecule has 7 nitrogen and oxygen atoms in total. The zero-order valence-electron chi connectivity index (χ0n) is 18.7. The molecule has 3 rings (SSSR count). The van der Waals surface area contributed by atoms with Crippen LogP contribution in [-0.4, -0.2) is 53.8 Å². The van der Waals surface area contributed by atoms with Gasteiger partial charge in [0.05, 0.1) is 6.26 Å². The standard InChI is InChI=1S/C22H22BrNO2.C4H4O4/c1-3-12-24(2)13-4-5-14-25-19-10-11-20-21(16-26-22(20)15-19)17-6-8-18(23)9-7-17;5-3(6)1-2-4(7)8/h3-11,15-16H,1,12-14H2,2H3;1-2H,(H,5,6)(H,7,8)/b5-4+;2-1+. The minimum absolute atomic E-state index is 0.535. The quantitative estimate of drug-likeness (QED) is 0.260. The minimum Gasteiger partial charge on any atom is -0.489 e. The van der Waals surface area contributed by atoms with Gasteiger partial charge >= 0.3 is 11.9 Å². The molecule has 3 aromatic rings. The Morgan fingerprint density at radius 3 is 2.35 bits per heavy atom. The molecule has 0 fully saturated rings. The van der Waals surface area contributed by atoms with E-state index in [4.69, 9.17) is 19.4 Å². The summed E-state index contributed by atoms with van der Waals surface area (Å²) in [5.41, 5.74) is 3.05. The number of fused-ring (bicyclic) bond motifs is 1. The van der Waals surface area contributed by atoms with Gasteiger partial charge in [-0.1, -0.05) is 46.3 Å². The zero-order chi connectivity index (χ0) is 24.9. The van der Waals surface area contributed by atoms with Gasteiger partial charge in [-0.05, 0) is 36.9 Å². The Bertz CT molecular complexity index is 1150. The highest BCUT2D eigenvalue weighted by Crippen LogP contribution is 2.33. The van der Waals surface area contributed by atoms with Crippen molar-refractivity contribution >= 4 is 38.8 Å². The van der Waals surface area contributed by atoms with E-state index in [1.165, 1.54) is 0 Å². The molecule has 0 aliphatic heterocycles. The van der Waals surface area contributed by atoms with Gasteiger partial charge in [0.2, 0.25) is 0 Å². The van der Waals surface area contributed by atoms with Crippen molar-refractivity contribution in [3.8, 4) is 16.9 Å². The summed E-state index contributed by atoms with van der Waals surface area (Å²) in [6.07, 6.45) is 8.93. The fourth-order valence-electron chi connectivity index (χ4n) is 2.86. The van der Waals surface area contributed by atoms with Crippen LogP contribution in [0, 0.1) is 0 Å². The Morgan fingerprint density at radius 1 is 1.06 bits per heavy atom. The summed E-state index contributed by atoms with van der Waals surface area (Å²) in [6, 6.07) is 14.2. The smallest absolute Gasteiger partial charge is 0.328 e. The van der Waals surface area contributed by atoms with Gasteiger partial charge < -0.3 is 19.4 Å². The predicted octanol–water partition coefficient (Wildman–Crippen LogP) is 5.63. The highest BCUT2D eigenvalue weighted by Gasteiger charge is 2.09. The summed E-state index contributed by atoms with van der Waals surface area (Å²) in [7, 11) is 2.06. The van der Waals surface area contributed by atoms with E-state index in [-0.39, 0.29) is 0 Å². The van der Waals surface area contributed by atoms with Gasteiger partial charge in [-0.25, -0.2) is 9.59 Å². The molecule has 0 aliphatic rings. The van der Waals surface area contributed by atoms with E-state index in [2.05, 4.69) is 52.7 Å². The number of likely N-dealkylation sites (N-methyl/N-ethyl adjacent to an activating group) is 1. The number of ether oxygens (including phenoxy) is 1. The first kappa shape index (κ1) is 26.6. The number of carbonyl (C=O) groups is 2. The van der Waals surface area contributed by atoms with Gasteiger partial charge in [0.25, 0.3) is 0 Å². The number of hydrogen-bond donors (Lipinski definition) is 2. The molecule has 34 heavy (non-hydrogen) atoms. The van der Waals surface area contributed by atoms with Crippen LogP contribution in [0.2, 0.25) is 0 Å². The largest absolute Gasteiger partial charge is 0.489 e. The third kappa shape index (κ3) is 9.09. The van der Waals surface area contributed by atoms with Crippen molar-refractivity contribution in [2.24, 2.45) is 0 Å². The van der Waals surface area contributed by atoms with Crippen LogP contribution < -0.4 is 4.74 Å². The maximum atomic E-state index is 9.55.